The van der Waals surface area contributed by atoms with Crippen LogP contribution in [0, 0.1) is 0 Å². The lowest BCUT2D eigenvalue weighted by molar-refractivity contribution is -0.147. The topological polar surface area (TPSA) is 92.9 Å². The molecule has 1 fully saturated rings. The van der Waals surface area contributed by atoms with Crippen molar-refractivity contribution in [3.8, 4) is 0 Å². The Morgan fingerprint density at radius 2 is 2.35 bits per heavy atom. The number of carbonyl (C=O) groups is 2. The van der Waals surface area contributed by atoms with Crippen LogP contribution in [0.15, 0.2) is 12.7 Å². The van der Waals surface area contributed by atoms with Crippen molar-refractivity contribution in [1.82, 2.24) is 4.90 Å². The van der Waals surface area contributed by atoms with E-state index in [-0.39, 0.29) is 18.9 Å². The van der Waals surface area contributed by atoms with E-state index in [0.717, 1.165) is 0 Å². The summed E-state index contributed by atoms with van der Waals surface area (Å²) in [6.07, 6.45) is 1.84. The summed E-state index contributed by atoms with van der Waals surface area (Å²) < 4.78 is 5.18. The SMILES string of the molecule is C=CCC(N)C(=O)N1CCOCC1CC(=O)O. The Morgan fingerprint density at radius 3 is 2.94 bits per heavy atom. The Hall–Kier alpha value is -1.40. The van der Waals surface area contributed by atoms with Gasteiger partial charge in [-0.15, -0.1) is 6.58 Å². The lowest BCUT2D eigenvalue weighted by Crippen LogP contribution is -2.54. The Kier molecular flexibility index (Phi) is 5.11. The summed E-state index contributed by atoms with van der Waals surface area (Å²) in [6, 6.07) is -1.08. The molecule has 0 bridgehead atoms. The molecule has 1 heterocycles. The Bertz CT molecular complexity index is 306. The second kappa shape index (κ2) is 6.36. The van der Waals surface area contributed by atoms with Crippen molar-refractivity contribution in [2.24, 2.45) is 5.73 Å². The first kappa shape index (κ1) is 13.7. The third-order valence-electron chi connectivity index (χ3n) is 2.66. The molecule has 0 spiro atoms. The average Bonchev–Trinajstić information content (AvgIpc) is 2.28. The first-order valence-electron chi connectivity index (χ1n) is 5.52. The normalized spacial score (nSPS) is 21.9. The van der Waals surface area contributed by atoms with Crippen molar-refractivity contribution in [2.45, 2.75) is 24.9 Å². The van der Waals surface area contributed by atoms with E-state index in [4.69, 9.17) is 15.6 Å². The zero-order valence-electron chi connectivity index (χ0n) is 9.67. The van der Waals surface area contributed by atoms with Gasteiger partial charge in [0, 0.05) is 6.54 Å². The number of aliphatic carboxylic acids is 1. The van der Waals surface area contributed by atoms with Crippen LogP contribution in [0.4, 0.5) is 0 Å². The predicted octanol–water partition coefficient (Wildman–Crippen LogP) is -0.408. The van der Waals surface area contributed by atoms with Crippen molar-refractivity contribution in [3.63, 3.8) is 0 Å². The molecule has 17 heavy (non-hydrogen) atoms. The highest BCUT2D eigenvalue weighted by atomic mass is 16.5. The van der Waals surface area contributed by atoms with Crippen LogP contribution < -0.4 is 5.73 Å². The van der Waals surface area contributed by atoms with Gasteiger partial charge in [-0.2, -0.15) is 0 Å². The number of carboxylic acids is 1. The van der Waals surface area contributed by atoms with Crippen LogP contribution in [-0.2, 0) is 14.3 Å². The van der Waals surface area contributed by atoms with Gasteiger partial charge in [0.05, 0.1) is 31.7 Å². The summed E-state index contributed by atoms with van der Waals surface area (Å²) in [7, 11) is 0. The van der Waals surface area contributed by atoms with Crippen molar-refractivity contribution in [1.29, 1.82) is 0 Å². The van der Waals surface area contributed by atoms with Gasteiger partial charge in [-0.25, -0.2) is 0 Å². The molecule has 2 unspecified atom stereocenters. The molecule has 1 rings (SSSR count). The molecule has 6 heteroatoms. The zero-order valence-corrected chi connectivity index (χ0v) is 9.67. The molecule has 1 aliphatic rings. The van der Waals surface area contributed by atoms with E-state index < -0.39 is 18.1 Å². The number of nitrogens with two attached hydrogens (primary N) is 1. The molecule has 1 saturated heterocycles. The minimum atomic E-state index is -0.949. The van der Waals surface area contributed by atoms with E-state index in [1.165, 1.54) is 4.90 Å². The number of hydrogen-bond acceptors (Lipinski definition) is 4. The molecule has 96 valence electrons. The smallest absolute Gasteiger partial charge is 0.305 e. The fourth-order valence-corrected chi connectivity index (χ4v) is 1.81. The number of nitrogens with zero attached hydrogens (tertiary/aromatic N) is 1. The summed E-state index contributed by atoms with van der Waals surface area (Å²) in [5.41, 5.74) is 5.70. The Balaban J connectivity index is 2.66. The molecule has 0 aliphatic carbocycles. The summed E-state index contributed by atoms with van der Waals surface area (Å²) >= 11 is 0. The molecule has 0 aromatic heterocycles. The largest absolute Gasteiger partial charge is 0.481 e. The number of rotatable bonds is 5. The number of morpholine rings is 1. The van der Waals surface area contributed by atoms with E-state index in [1.54, 1.807) is 6.08 Å². The highest BCUT2D eigenvalue weighted by molar-refractivity contribution is 5.82. The maximum absolute atomic E-state index is 12.0. The lowest BCUT2D eigenvalue weighted by Gasteiger charge is -2.36. The first-order valence-corrected chi connectivity index (χ1v) is 5.52. The molecule has 1 aliphatic heterocycles. The predicted molar refractivity (Wildman–Crippen MR) is 61.4 cm³/mol. The number of hydrogen-bond donors (Lipinski definition) is 2. The average molecular weight is 242 g/mol. The van der Waals surface area contributed by atoms with Gasteiger partial charge in [0.15, 0.2) is 0 Å². The van der Waals surface area contributed by atoms with E-state index in [0.29, 0.717) is 19.6 Å². The Labute approximate surface area is 100 Å². The number of amides is 1. The molecular formula is C11H18N2O4. The monoisotopic (exact) mass is 242 g/mol. The molecule has 0 radical (unpaired) electrons. The van der Waals surface area contributed by atoms with Crippen LogP contribution in [0.2, 0.25) is 0 Å². The van der Waals surface area contributed by atoms with Gasteiger partial charge >= 0.3 is 5.97 Å². The molecule has 6 nitrogen and oxygen atoms in total. The van der Waals surface area contributed by atoms with Crippen molar-refractivity contribution in [2.75, 3.05) is 19.8 Å². The van der Waals surface area contributed by atoms with Gasteiger partial charge < -0.3 is 20.5 Å². The van der Waals surface area contributed by atoms with Gasteiger partial charge in [0.2, 0.25) is 5.91 Å². The summed E-state index contributed by atoms with van der Waals surface area (Å²) in [4.78, 5) is 24.2. The summed E-state index contributed by atoms with van der Waals surface area (Å²) in [6.45, 7) is 4.58. The van der Waals surface area contributed by atoms with Gasteiger partial charge in [-0.3, -0.25) is 9.59 Å². The van der Waals surface area contributed by atoms with Crippen LogP contribution in [0.5, 0.6) is 0 Å². The molecule has 1 amide bonds. The van der Waals surface area contributed by atoms with Crippen LogP contribution in [-0.4, -0.2) is 53.7 Å². The molecule has 3 N–H and O–H groups in total. The zero-order chi connectivity index (χ0) is 12.8. The second-order valence-electron chi connectivity index (χ2n) is 3.99. The third-order valence-corrected chi connectivity index (χ3v) is 2.66. The minimum absolute atomic E-state index is 0.119. The fourth-order valence-electron chi connectivity index (χ4n) is 1.81. The number of ether oxygens (including phenoxy) is 1. The Morgan fingerprint density at radius 1 is 1.65 bits per heavy atom. The summed E-state index contributed by atoms with van der Waals surface area (Å²) in [5.74, 6) is -1.19. The van der Waals surface area contributed by atoms with E-state index >= 15 is 0 Å². The van der Waals surface area contributed by atoms with Crippen molar-refractivity contribution < 1.29 is 19.4 Å². The standard InChI is InChI=1S/C11H18N2O4/c1-2-3-9(12)11(16)13-4-5-17-7-8(13)6-10(14)15/h2,8-9H,1,3-7,12H2,(H,14,15). The van der Waals surface area contributed by atoms with Crippen LogP contribution >= 0.6 is 0 Å². The second-order valence-corrected chi connectivity index (χ2v) is 3.99. The number of carboxylic acid groups (broad SMARTS) is 1. The van der Waals surface area contributed by atoms with Gasteiger partial charge in [-0.05, 0) is 6.42 Å². The highest BCUT2D eigenvalue weighted by Crippen LogP contribution is 2.12. The first-order chi connectivity index (χ1) is 8.06. The highest BCUT2D eigenvalue weighted by Gasteiger charge is 2.31. The maximum atomic E-state index is 12.0. The van der Waals surface area contributed by atoms with Gasteiger partial charge in [0.1, 0.15) is 0 Å². The van der Waals surface area contributed by atoms with Gasteiger partial charge in [-0.1, -0.05) is 6.08 Å². The van der Waals surface area contributed by atoms with Crippen LogP contribution in [0.3, 0.4) is 0 Å². The molecule has 0 saturated carbocycles. The lowest BCUT2D eigenvalue weighted by atomic mass is 10.1. The van der Waals surface area contributed by atoms with E-state index in [9.17, 15) is 9.59 Å². The quantitative estimate of drug-likeness (QED) is 0.639. The summed E-state index contributed by atoms with van der Waals surface area (Å²) in [5, 5.41) is 8.77. The van der Waals surface area contributed by atoms with E-state index in [2.05, 4.69) is 6.58 Å². The number of carbonyl (C=O) groups excluding carboxylic acids is 1. The molecule has 0 aromatic rings. The molecule has 0 aromatic carbocycles. The van der Waals surface area contributed by atoms with Crippen LogP contribution in [0.1, 0.15) is 12.8 Å². The van der Waals surface area contributed by atoms with Crippen LogP contribution in [0.25, 0.3) is 0 Å². The molecular weight excluding hydrogens is 224 g/mol. The third kappa shape index (κ3) is 3.83. The van der Waals surface area contributed by atoms with Crippen molar-refractivity contribution in [3.05, 3.63) is 12.7 Å². The van der Waals surface area contributed by atoms with E-state index in [1.807, 2.05) is 0 Å². The molecule has 2 atom stereocenters. The fraction of sp³-hybridized carbons (Fsp3) is 0.636. The minimum Gasteiger partial charge on any atom is -0.481 e. The van der Waals surface area contributed by atoms with Gasteiger partial charge in [0.25, 0.3) is 0 Å². The van der Waals surface area contributed by atoms with Crippen molar-refractivity contribution >= 4 is 11.9 Å². The maximum Gasteiger partial charge on any atom is 0.305 e.